The standard InChI is InChI=1S/C14H17ClN4O.2ClH/c15-11-7-10-8-18-19(14(10)17-9-11)6-2-3-12-13(20)4-1-5-16-12;;/h2-3,7-9,12-13,16,20H,1,4-6H2;2*1H/b3-2+;;/t12-,13+;;/m1../s1. The van der Waals surface area contributed by atoms with Crippen molar-refractivity contribution >= 4 is 47.4 Å². The van der Waals surface area contributed by atoms with Gasteiger partial charge in [0.25, 0.3) is 0 Å². The minimum absolute atomic E-state index is 0. The molecule has 0 aliphatic carbocycles. The van der Waals surface area contributed by atoms with Crippen LogP contribution in [0.4, 0.5) is 0 Å². The van der Waals surface area contributed by atoms with Gasteiger partial charge < -0.3 is 10.4 Å². The lowest BCUT2D eigenvalue weighted by atomic mass is 10.0. The lowest BCUT2D eigenvalue weighted by Crippen LogP contribution is -2.43. The molecule has 1 aliphatic heterocycles. The lowest BCUT2D eigenvalue weighted by molar-refractivity contribution is 0.115. The summed E-state index contributed by atoms with van der Waals surface area (Å²) in [5.41, 5.74) is 0.816. The summed E-state index contributed by atoms with van der Waals surface area (Å²) in [6.07, 6.45) is 8.98. The molecule has 2 aromatic rings. The first-order valence-electron chi connectivity index (χ1n) is 6.79. The highest BCUT2D eigenvalue weighted by atomic mass is 35.5. The fourth-order valence-corrected chi connectivity index (χ4v) is 2.64. The van der Waals surface area contributed by atoms with Crippen LogP contribution in [0.2, 0.25) is 5.02 Å². The number of aliphatic hydroxyl groups excluding tert-OH is 1. The zero-order valence-electron chi connectivity index (χ0n) is 11.9. The predicted molar refractivity (Wildman–Crippen MR) is 93.2 cm³/mol. The van der Waals surface area contributed by atoms with E-state index in [4.69, 9.17) is 11.6 Å². The van der Waals surface area contributed by atoms with Gasteiger partial charge in [-0.25, -0.2) is 9.67 Å². The highest BCUT2D eigenvalue weighted by Crippen LogP contribution is 2.16. The van der Waals surface area contributed by atoms with Crippen LogP contribution in [-0.2, 0) is 6.54 Å². The van der Waals surface area contributed by atoms with Crippen LogP contribution in [0.25, 0.3) is 11.0 Å². The van der Waals surface area contributed by atoms with Gasteiger partial charge in [-0.1, -0.05) is 23.8 Å². The normalized spacial score (nSPS) is 21.5. The van der Waals surface area contributed by atoms with Crippen LogP contribution < -0.4 is 5.32 Å². The Morgan fingerprint density at radius 3 is 3.00 bits per heavy atom. The second-order valence-electron chi connectivity index (χ2n) is 5.01. The molecule has 22 heavy (non-hydrogen) atoms. The molecule has 0 saturated carbocycles. The second-order valence-corrected chi connectivity index (χ2v) is 5.45. The van der Waals surface area contributed by atoms with Gasteiger partial charge in [0, 0.05) is 11.6 Å². The monoisotopic (exact) mass is 364 g/mol. The molecule has 0 bridgehead atoms. The van der Waals surface area contributed by atoms with Crippen LogP contribution in [0.3, 0.4) is 0 Å². The number of pyridine rings is 1. The van der Waals surface area contributed by atoms with Crippen molar-refractivity contribution in [1.29, 1.82) is 0 Å². The maximum absolute atomic E-state index is 9.87. The van der Waals surface area contributed by atoms with Crippen molar-refractivity contribution in [2.45, 2.75) is 31.5 Å². The Bertz CT molecular complexity index is 632. The van der Waals surface area contributed by atoms with Crippen LogP contribution in [0.1, 0.15) is 12.8 Å². The van der Waals surface area contributed by atoms with E-state index in [1.54, 1.807) is 12.4 Å². The molecule has 0 spiro atoms. The summed E-state index contributed by atoms with van der Waals surface area (Å²) in [7, 11) is 0. The number of hydrogen-bond donors (Lipinski definition) is 2. The van der Waals surface area contributed by atoms with Crippen molar-refractivity contribution in [3.8, 4) is 0 Å². The third-order valence-electron chi connectivity index (χ3n) is 3.54. The van der Waals surface area contributed by atoms with E-state index in [9.17, 15) is 5.11 Å². The lowest BCUT2D eigenvalue weighted by Gasteiger charge is -2.26. The number of allylic oxidation sites excluding steroid dienone is 1. The molecule has 0 unspecified atom stereocenters. The van der Waals surface area contributed by atoms with Gasteiger partial charge in [-0.3, -0.25) is 0 Å². The number of rotatable bonds is 3. The molecule has 122 valence electrons. The first-order valence-corrected chi connectivity index (χ1v) is 7.17. The Morgan fingerprint density at radius 2 is 2.23 bits per heavy atom. The van der Waals surface area contributed by atoms with Gasteiger partial charge in [0.1, 0.15) is 0 Å². The molecule has 3 heterocycles. The first-order chi connectivity index (χ1) is 9.74. The smallest absolute Gasteiger partial charge is 0.158 e. The molecule has 5 nitrogen and oxygen atoms in total. The summed E-state index contributed by atoms with van der Waals surface area (Å²) in [4.78, 5) is 4.29. The van der Waals surface area contributed by atoms with Gasteiger partial charge in [-0.05, 0) is 25.5 Å². The molecule has 1 fully saturated rings. The minimum atomic E-state index is -0.300. The number of fused-ring (bicyclic) bond motifs is 1. The van der Waals surface area contributed by atoms with E-state index in [-0.39, 0.29) is 37.0 Å². The number of aliphatic hydroxyl groups is 1. The third-order valence-corrected chi connectivity index (χ3v) is 3.74. The molecular formula is C14H19Cl3N4O. The van der Waals surface area contributed by atoms with Crippen molar-refractivity contribution in [3.05, 3.63) is 35.6 Å². The molecule has 0 aromatic carbocycles. The van der Waals surface area contributed by atoms with Crippen LogP contribution in [0.5, 0.6) is 0 Å². The van der Waals surface area contributed by atoms with Gasteiger partial charge in [0.15, 0.2) is 5.65 Å². The van der Waals surface area contributed by atoms with Crippen molar-refractivity contribution in [3.63, 3.8) is 0 Å². The molecular weight excluding hydrogens is 347 g/mol. The van der Waals surface area contributed by atoms with Gasteiger partial charge in [0.2, 0.25) is 0 Å². The van der Waals surface area contributed by atoms with Crippen LogP contribution in [0, 0.1) is 0 Å². The Labute approximate surface area is 146 Å². The third kappa shape index (κ3) is 4.33. The summed E-state index contributed by atoms with van der Waals surface area (Å²) >= 11 is 5.90. The molecule has 0 radical (unpaired) electrons. The van der Waals surface area contributed by atoms with E-state index in [2.05, 4.69) is 15.4 Å². The Kier molecular flexibility index (Phi) is 7.59. The van der Waals surface area contributed by atoms with E-state index < -0.39 is 0 Å². The van der Waals surface area contributed by atoms with E-state index >= 15 is 0 Å². The van der Waals surface area contributed by atoms with Crippen LogP contribution in [0.15, 0.2) is 30.6 Å². The topological polar surface area (TPSA) is 63.0 Å². The molecule has 2 N–H and O–H groups in total. The predicted octanol–water partition coefficient (Wildman–Crippen LogP) is 2.60. The average molecular weight is 366 g/mol. The summed E-state index contributed by atoms with van der Waals surface area (Å²) in [5.74, 6) is 0. The Balaban J connectivity index is 0.00000121. The maximum atomic E-state index is 9.87. The second kappa shape index (κ2) is 8.70. The average Bonchev–Trinajstić information content (AvgIpc) is 2.83. The molecule has 1 saturated heterocycles. The summed E-state index contributed by atoms with van der Waals surface area (Å²) in [6.45, 7) is 1.58. The van der Waals surface area contributed by atoms with Gasteiger partial charge in [-0.15, -0.1) is 24.8 Å². The number of halogens is 3. The molecule has 2 aromatic heterocycles. The number of piperidine rings is 1. The van der Waals surface area contributed by atoms with E-state index in [0.29, 0.717) is 11.6 Å². The van der Waals surface area contributed by atoms with Crippen molar-refractivity contribution in [2.75, 3.05) is 6.54 Å². The fraction of sp³-hybridized carbons (Fsp3) is 0.429. The van der Waals surface area contributed by atoms with Crippen molar-refractivity contribution in [2.24, 2.45) is 0 Å². The summed E-state index contributed by atoms with van der Waals surface area (Å²) in [6, 6.07) is 1.89. The van der Waals surface area contributed by atoms with Gasteiger partial charge >= 0.3 is 0 Å². The SMILES string of the molecule is Cl.Cl.O[C@H]1CCCN[C@@H]1/C=C/Cn1ncc2cc(Cl)cnc21. The molecule has 8 heteroatoms. The van der Waals surface area contributed by atoms with E-state index in [1.165, 1.54) is 0 Å². The Hall–Kier alpha value is -0.850. The molecule has 0 amide bonds. The number of nitrogens with zero attached hydrogens (tertiary/aromatic N) is 3. The Morgan fingerprint density at radius 1 is 1.41 bits per heavy atom. The number of aromatic nitrogens is 3. The van der Waals surface area contributed by atoms with Crippen LogP contribution >= 0.6 is 36.4 Å². The number of nitrogens with one attached hydrogen (secondary N) is 1. The maximum Gasteiger partial charge on any atom is 0.158 e. The highest BCUT2D eigenvalue weighted by Gasteiger charge is 2.19. The zero-order chi connectivity index (χ0) is 13.9. The largest absolute Gasteiger partial charge is 0.391 e. The van der Waals surface area contributed by atoms with Crippen molar-refractivity contribution in [1.82, 2.24) is 20.1 Å². The molecule has 2 atom stereocenters. The first kappa shape index (κ1) is 19.2. The van der Waals surface area contributed by atoms with Gasteiger partial charge in [0.05, 0.1) is 29.9 Å². The number of hydrogen-bond acceptors (Lipinski definition) is 4. The van der Waals surface area contributed by atoms with Crippen LogP contribution in [-0.4, -0.2) is 38.6 Å². The molecule has 1 aliphatic rings. The van der Waals surface area contributed by atoms with E-state index in [0.717, 1.165) is 30.4 Å². The van der Waals surface area contributed by atoms with E-state index in [1.807, 2.05) is 22.9 Å². The summed E-state index contributed by atoms with van der Waals surface area (Å²) < 4.78 is 1.82. The van der Waals surface area contributed by atoms with Crippen molar-refractivity contribution < 1.29 is 5.11 Å². The highest BCUT2D eigenvalue weighted by molar-refractivity contribution is 6.31. The zero-order valence-corrected chi connectivity index (χ0v) is 14.2. The quantitative estimate of drug-likeness (QED) is 0.821. The summed E-state index contributed by atoms with van der Waals surface area (Å²) in [5, 5.41) is 19.0. The van der Waals surface area contributed by atoms with Gasteiger partial charge in [-0.2, -0.15) is 5.10 Å². The fourth-order valence-electron chi connectivity index (χ4n) is 2.48. The molecule has 3 rings (SSSR count). The minimum Gasteiger partial charge on any atom is -0.391 e.